The van der Waals surface area contributed by atoms with Crippen LogP contribution < -0.4 is 5.32 Å². The van der Waals surface area contributed by atoms with Crippen LogP contribution in [0.4, 0.5) is 0 Å². The summed E-state index contributed by atoms with van der Waals surface area (Å²) in [6.07, 6.45) is 3.08. The summed E-state index contributed by atoms with van der Waals surface area (Å²) in [5.74, 6) is 0.778. The normalized spacial score (nSPS) is 34.8. The molecule has 0 aromatic carbocycles. The highest BCUT2D eigenvalue weighted by molar-refractivity contribution is 5.76. The fourth-order valence-electron chi connectivity index (χ4n) is 2.75. The summed E-state index contributed by atoms with van der Waals surface area (Å²) in [6, 6.07) is 0.351. The van der Waals surface area contributed by atoms with Crippen LogP contribution in [0.5, 0.6) is 0 Å². The van der Waals surface area contributed by atoms with Gasteiger partial charge in [0.1, 0.15) is 0 Å². The van der Waals surface area contributed by atoms with Gasteiger partial charge in [-0.2, -0.15) is 0 Å². The highest BCUT2D eigenvalue weighted by atomic mass is 16.3. The van der Waals surface area contributed by atoms with Crippen molar-refractivity contribution in [2.75, 3.05) is 19.6 Å². The predicted octanol–water partition coefficient (Wildman–Crippen LogP) is 0.358. The van der Waals surface area contributed by atoms with Crippen LogP contribution in [0, 0.1) is 5.92 Å². The van der Waals surface area contributed by atoms with Crippen molar-refractivity contribution in [1.82, 2.24) is 10.2 Å². The van der Waals surface area contributed by atoms with Gasteiger partial charge in [0, 0.05) is 19.0 Å². The van der Waals surface area contributed by atoms with Gasteiger partial charge < -0.3 is 15.3 Å². The molecule has 2 unspecified atom stereocenters. The molecule has 3 saturated heterocycles. The van der Waals surface area contributed by atoms with Crippen LogP contribution in [0.2, 0.25) is 0 Å². The number of piperidine rings is 3. The van der Waals surface area contributed by atoms with E-state index in [4.69, 9.17) is 5.11 Å². The number of hydrogen-bond acceptors (Lipinski definition) is 3. The molecule has 3 fully saturated rings. The third-order valence-corrected chi connectivity index (χ3v) is 3.79. The Balaban J connectivity index is 1.75. The smallest absolute Gasteiger partial charge is 0.220 e. The maximum Gasteiger partial charge on any atom is 0.220 e. The van der Waals surface area contributed by atoms with Crippen LogP contribution in [-0.4, -0.2) is 47.7 Å². The molecule has 4 nitrogen and oxygen atoms in total. The Morgan fingerprint density at radius 1 is 1.50 bits per heavy atom. The number of nitrogens with one attached hydrogen (secondary N) is 1. The Bertz CT molecular complexity index is 247. The average molecular weight is 226 g/mol. The quantitative estimate of drug-likeness (QED) is 0.727. The van der Waals surface area contributed by atoms with Crippen molar-refractivity contribution in [3.8, 4) is 0 Å². The number of carbonyl (C=O) groups is 1. The summed E-state index contributed by atoms with van der Waals surface area (Å²) in [4.78, 5) is 14.1. The van der Waals surface area contributed by atoms with Crippen molar-refractivity contribution in [3.05, 3.63) is 0 Å². The molecule has 0 spiro atoms. The highest BCUT2D eigenvalue weighted by Crippen LogP contribution is 2.27. The zero-order valence-electron chi connectivity index (χ0n) is 9.98. The molecule has 2 atom stereocenters. The second-order valence-electron chi connectivity index (χ2n) is 5.20. The molecule has 0 aliphatic carbocycles. The number of aliphatic hydroxyl groups excluding tert-OH is 1. The van der Waals surface area contributed by atoms with Crippen LogP contribution in [0.1, 0.15) is 32.6 Å². The highest BCUT2D eigenvalue weighted by Gasteiger charge is 2.34. The maximum atomic E-state index is 11.7. The van der Waals surface area contributed by atoms with Crippen molar-refractivity contribution < 1.29 is 9.90 Å². The summed E-state index contributed by atoms with van der Waals surface area (Å²) < 4.78 is 0. The van der Waals surface area contributed by atoms with Crippen LogP contribution in [0.25, 0.3) is 0 Å². The molecular formula is C12H22N2O2. The molecule has 3 rings (SSSR count). The monoisotopic (exact) mass is 226 g/mol. The van der Waals surface area contributed by atoms with Gasteiger partial charge in [0.05, 0.1) is 6.10 Å². The van der Waals surface area contributed by atoms with E-state index in [1.807, 2.05) is 0 Å². The van der Waals surface area contributed by atoms with E-state index in [0.717, 1.165) is 6.54 Å². The Hall–Kier alpha value is -0.610. The molecule has 2 bridgehead atoms. The maximum absolute atomic E-state index is 11.7. The number of rotatable bonds is 4. The van der Waals surface area contributed by atoms with Gasteiger partial charge >= 0.3 is 0 Å². The Morgan fingerprint density at radius 2 is 2.19 bits per heavy atom. The second kappa shape index (κ2) is 5.15. The molecule has 0 saturated carbocycles. The minimum absolute atomic E-state index is 0.0969. The molecule has 0 aromatic rings. The lowest BCUT2D eigenvalue weighted by Crippen LogP contribution is -2.57. The first-order valence-corrected chi connectivity index (χ1v) is 6.35. The summed E-state index contributed by atoms with van der Waals surface area (Å²) in [6.45, 7) is 5.14. The van der Waals surface area contributed by atoms with Gasteiger partial charge in [0.15, 0.2) is 0 Å². The number of fused-ring (bicyclic) bond motifs is 3. The van der Waals surface area contributed by atoms with Crippen molar-refractivity contribution in [2.24, 2.45) is 5.92 Å². The van der Waals surface area contributed by atoms with Crippen LogP contribution >= 0.6 is 0 Å². The van der Waals surface area contributed by atoms with Crippen molar-refractivity contribution >= 4 is 5.91 Å². The van der Waals surface area contributed by atoms with E-state index < -0.39 is 0 Å². The van der Waals surface area contributed by atoms with Crippen LogP contribution in [0.15, 0.2) is 0 Å². The third kappa shape index (κ3) is 2.95. The molecule has 1 amide bonds. The van der Waals surface area contributed by atoms with E-state index in [1.165, 1.54) is 25.9 Å². The second-order valence-corrected chi connectivity index (χ2v) is 5.20. The summed E-state index contributed by atoms with van der Waals surface area (Å²) in [7, 11) is 0. The first-order valence-electron chi connectivity index (χ1n) is 6.35. The van der Waals surface area contributed by atoms with E-state index in [0.29, 0.717) is 24.8 Å². The first kappa shape index (κ1) is 11.9. The van der Waals surface area contributed by atoms with Gasteiger partial charge in [-0.15, -0.1) is 0 Å². The molecule has 3 aliphatic rings. The fourth-order valence-corrected chi connectivity index (χ4v) is 2.75. The lowest BCUT2D eigenvalue weighted by molar-refractivity contribution is -0.123. The van der Waals surface area contributed by atoms with Gasteiger partial charge in [-0.3, -0.25) is 4.79 Å². The molecule has 0 aromatic heterocycles. The predicted molar refractivity (Wildman–Crippen MR) is 62.0 cm³/mol. The zero-order chi connectivity index (χ0) is 11.5. The molecule has 16 heavy (non-hydrogen) atoms. The van der Waals surface area contributed by atoms with Crippen molar-refractivity contribution in [1.29, 1.82) is 0 Å². The number of aliphatic hydroxyl groups is 1. The van der Waals surface area contributed by atoms with Gasteiger partial charge in [0.2, 0.25) is 5.91 Å². The SMILES string of the molecule is CC(O)CCC(=O)NC1CN2CCC1CC2. The van der Waals surface area contributed by atoms with E-state index in [2.05, 4.69) is 10.2 Å². The Kier molecular flexibility index (Phi) is 3.82. The molecular weight excluding hydrogens is 204 g/mol. The minimum atomic E-state index is -0.377. The third-order valence-electron chi connectivity index (χ3n) is 3.79. The molecule has 4 heteroatoms. The zero-order valence-corrected chi connectivity index (χ0v) is 9.98. The minimum Gasteiger partial charge on any atom is -0.393 e. The van der Waals surface area contributed by atoms with Crippen LogP contribution in [-0.2, 0) is 4.79 Å². The number of amides is 1. The standard InChI is InChI=1S/C12H22N2O2/c1-9(15)2-3-12(16)13-11-8-14-6-4-10(11)5-7-14/h9-11,15H,2-8H2,1H3,(H,13,16). The van der Waals surface area contributed by atoms with Crippen molar-refractivity contribution in [3.63, 3.8) is 0 Å². The van der Waals surface area contributed by atoms with Gasteiger partial charge in [0.25, 0.3) is 0 Å². The lowest BCUT2D eigenvalue weighted by atomic mass is 9.84. The summed E-state index contributed by atoms with van der Waals surface area (Å²) >= 11 is 0. The molecule has 3 aliphatic heterocycles. The summed E-state index contributed by atoms with van der Waals surface area (Å²) in [5.41, 5.74) is 0. The van der Waals surface area contributed by atoms with Gasteiger partial charge in [-0.25, -0.2) is 0 Å². The van der Waals surface area contributed by atoms with Gasteiger partial charge in [-0.05, 0) is 45.2 Å². The fraction of sp³-hybridized carbons (Fsp3) is 0.917. The Labute approximate surface area is 97.0 Å². The van der Waals surface area contributed by atoms with Crippen molar-refractivity contribution in [2.45, 2.75) is 44.8 Å². The summed E-state index contributed by atoms with van der Waals surface area (Å²) in [5, 5.41) is 12.2. The average Bonchev–Trinajstić information content (AvgIpc) is 2.28. The van der Waals surface area contributed by atoms with E-state index in [9.17, 15) is 4.79 Å². The van der Waals surface area contributed by atoms with E-state index >= 15 is 0 Å². The van der Waals surface area contributed by atoms with E-state index in [-0.39, 0.29) is 12.0 Å². The first-order chi connectivity index (χ1) is 7.65. The lowest BCUT2D eigenvalue weighted by Gasteiger charge is -2.44. The van der Waals surface area contributed by atoms with Gasteiger partial charge in [-0.1, -0.05) is 0 Å². The Morgan fingerprint density at radius 3 is 2.69 bits per heavy atom. The molecule has 92 valence electrons. The van der Waals surface area contributed by atoms with Crippen LogP contribution in [0.3, 0.4) is 0 Å². The molecule has 2 N–H and O–H groups in total. The van der Waals surface area contributed by atoms with E-state index in [1.54, 1.807) is 6.92 Å². The molecule has 0 radical (unpaired) electrons. The number of carbonyl (C=O) groups excluding carboxylic acids is 1. The largest absolute Gasteiger partial charge is 0.393 e. The molecule has 3 heterocycles. The number of hydrogen-bond donors (Lipinski definition) is 2. The topological polar surface area (TPSA) is 52.6 Å². The number of nitrogens with zero attached hydrogens (tertiary/aromatic N) is 1.